The molecule has 4 rings (SSSR count). The van der Waals surface area contributed by atoms with E-state index >= 15 is 0 Å². The number of urea groups is 1. The molecule has 32 heavy (non-hydrogen) atoms. The minimum Gasteiger partial charge on any atom is -0.492 e. The summed E-state index contributed by atoms with van der Waals surface area (Å²) < 4.78 is 25.1. The van der Waals surface area contributed by atoms with Gasteiger partial charge in [-0.1, -0.05) is 18.2 Å². The van der Waals surface area contributed by atoms with E-state index in [1.165, 1.54) is 12.1 Å². The van der Waals surface area contributed by atoms with Crippen molar-refractivity contribution in [3.63, 3.8) is 0 Å². The summed E-state index contributed by atoms with van der Waals surface area (Å²) >= 11 is 0. The molecule has 7 nitrogen and oxygen atoms in total. The lowest BCUT2D eigenvalue weighted by molar-refractivity contribution is -0.0993. The van der Waals surface area contributed by atoms with E-state index in [9.17, 15) is 14.3 Å². The summed E-state index contributed by atoms with van der Waals surface area (Å²) in [5.74, 6) is 0.848. The monoisotopic (exact) mass is 443 g/mol. The number of likely N-dealkylation sites (tertiary alicyclic amines) is 1. The maximum Gasteiger partial charge on any atom is 0.317 e. The molecule has 0 spiro atoms. The molecule has 2 amide bonds. The number of hydrogen-bond donors (Lipinski definition) is 2. The van der Waals surface area contributed by atoms with E-state index in [1.54, 1.807) is 24.0 Å². The molecule has 2 N–H and O–H groups in total. The summed E-state index contributed by atoms with van der Waals surface area (Å²) in [6.07, 6.45) is 0.253. The van der Waals surface area contributed by atoms with Crippen molar-refractivity contribution in [2.75, 3.05) is 39.3 Å². The highest BCUT2D eigenvalue weighted by atomic mass is 19.1. The van der Waals surface area contributed by atoms with Gasteiger partial charge in [-0.3, -0.25) is 4.90 Å². The minimum atomic E-state index is -1.05. The number of hydrogen-bond acceptors (Lipinski definition) is 5. The van der Waals surface area contributed by atoms with Crippen LogP contribution in [0.3, 0.4) is 0 Å². The number of β-amino-alcohol motifs (C(OH)–C–C–N with tert-alkyl or cyclic N) is 1. The van der Waals surface area contributed by atoms with E-state index in [-0.39, 0.29) is 11.8 Å². The molecule has 0 aromatic heterocycles. The number of carbonyl (C=O) groups is 1. The van der Waals surface area contributed by atoms with E-state index in [0.29, 0.717) is 45.0 Å². The van der Waals surface area contributed by atoms with Gasteiger partial charge >= 0.3 is 6.03 Å². The average molecular weight is 444 g/mol. The lowest BCUT2D eigenvalue weighted by atomic mass is 9.91. The lowest BCUT2D eigenvalue weighted by Gasteiger charge is -2.42. The number of piperidine rings is 1. The third-order valence-corrected chi connectivity index (χ3v) is 5.92. The highest BCUT2D eigenvalue weighted by Crippen LogP contribution is 2.28. The normalized spacial score (nSPS) is 23.8. The Hall–Kier alpha value is -2.84. The van der Waals surface area contributed by atoms with Crippen LogP contribution in [0.4, 0.5) is 9.18 Å². The van der Waals surface area contributed by atoms with Gasteiger partial charge in [0, 0.05) is 38.8 Å². The molecule has 2 fully saturated rings. The molecule has 2 aromatic carbocycles. The summed E-state index contributed by atoms with van der Waals surface area (Å²) in [5, 5.41) is 13.7. The summed E-state index contributed by atoms with van der Waals surface area (Å²) in [6.45, 7) is 6.13. The van der Waals surface area contributed by atoms with Crippen molar-refractivity contribution in [1.82, 2.24) is 15.1 Å². The molecule has 2 aliphatic rings. The van der Waals surface area contributed by atoms with Crippen molar-refractivity contribution in [1.29, 1.82) is 0 Å². The standard InChI is InChI=1S/C24H30FN3O4/c1-24(30)17-27(11-9-22(24)32-21-4-2-3-19(25)15-21)16-18-5-7-20(8-6-18)31-14-13-28-12-10-26-23(28)29/h2-8,15,22,30H,9-14,16-17H2,1H3,(H,26,29)/t22-,24-/m0/s1. The van der Waals surface area contributed by atoms with Gasteiger partial charge in [-0.25, -0.2) is 9.18 Å². The predicted octanol–water partition coefficient (Wildman–Crippen LogP) is 2.63. The molecular formula is C24H30FN3O4. The van der Waals surface area contributed by atoms with Crippen LogP contribution in [0.2, 0.25) is 0 Å². The van der Waals surface area contributed by atoms with Crippen LogP contribution in [0.5, 0.6) is 11.5 Å². The largest absolute Gasteiger partial charge is 0.492 e. The number of nitrogens with zero attached hydrogens (tertiary/aromatic N) is 2. The Balaban J connectivity index is 1.25. The zero-order valence-electron chi connectivity index (χ0n) is 18.3. The molecule has 2 aliphatic heterocycles. The fourth-order valence-electron chi connectivity index (χ4n) is 4.22. The molecule has 2 heterocycles. The second-order valence-electron chi connectivity index (χ2n) is 8.63. The zero-order valence-corrected chi connectivity index (χ0v) is 18.3. The number of amides is 2. The SMILES string of the molecule is C[C@]1(O)CN(Cc2ccc(OCCN3CCNC3=O)cc2)CC[C@@H]1Oc1cccc(F)c1. The number of carbonyl (C=O) groups excluding carboxylic acids is 1. The van der Waals surface area contributed by atoms with Crippen molar-refractivity contribution in [2.24, 2.45) is 0 Å². The third kappa shape index (κ3) is 5.69. The molecular weight excluding hydrogens is 413 g/mol. The first-order chi connectivity index (χ1) is 15.4. The molecule has 0 bridgehead atoms. The zero-order chi connectivity index (χ0) is 22.6. The number of rotatable bonds is 8. The van der Waals surface area contributed by atoms with Gasteiger partial charge in [0.05, 0.1) is 6.54 Å². The lowest BCUT2D eigenvalue weighted by Crippen LogP contribution is -2.56. The average Bonchev–Trinajstić information content (AvgIpc) is 3.16. The van der Waals surface area contributed by atoms with E-state index in [4.69, 9.17) is 9.47 Å². The van der Waals surface area contributed by atoms with Gasteiger partial charge in [-0.2, -0.15) is 0 Å². The van der Waals surface area contributed by atoms with Crippen molar-refractivity contribution in [3.8, 4) is 11.5 Å². The number of nitrogens with one attached hydrogen (secondary N) is 1. The van der Waals surface area contributed by atoms with Crippen LogP contribution in [0.25, 0.3) is 0 Å². The smallest absolute Gasteiger partial charge is 0.317 e. The van der Waals surface area contributed by atoms with E-state index < -0.39 is 11.7 Å². The molecule has 8 heteroatoms. The number of ether oxygens (including phenoxy) is 2. The van der Waals surface area contributed by atoms with Crippen LogP contribution in [0.15, 0.2) is 48.5 Å². The highest BCUT2D eigenvalue weighted by Gasteiger charge is 2.39. The van der Waals surface area contributed by atoms with Crippen LogP contribution in [0.1, 0.15) is 18.9 Å². The summed E-state index contributed by atoms with van der Waals surface area (Å²) in [4.78, 5) is 15.5. The Bertz CT molecular complexity index is 922. The summed E-state index contributed by atoms with van der Waals surface area (Å²) in [7, 11) is 0. The second kappa shape index (κ2) is 9.75. The topological polar surface area (TPSA) is 74.3 Å². The number of halogens is 1. The molecule has 0 saturated carbocycles. The Morgan fingerprint density at radius 3 is 2.69 bits per heavy atom. The van der Waals surface area contributed by atoms with Gasteiger partial charge in [0.2, 0.25) is 0 Å². The van der Waals surface area contributed by atoms with E-state index in [1.807, 2.05) is 24.3 Å². The van der Waals surface area contributed by atoms with Gasteiger partial charge in [0.1, 0.15) is 35.6 Å². The Morgan fingerprint density at radius 1 is 1.19 bits per heavy atom. The first kappa shape index (κ1) is 22.4. The summed E-state index contributed by atoms with van der Waals surface area (Å²) in [6, 6.07) is 13.9. The maximum absolute atomic E-state index is 13.4. The molecule has 0 aliphatic carbocycles. The molecule has 2 saturated heterocycles. The van der Waals surface area contributed by atoms with Crippen LogP contribution in [-0.2, 0) is 6.54 Å². The minimum absolute atomic E-state index is 0.0371. The second-order valence-corrected chi connectivity index (χ2v) is 8.63. The predicted molar refractivity (Wildman–Crippen MR) is 118 cm³/mol. The molecule has 172 valence electrons. The fourth-order valence-corrected chi connectivity index (χ4v) is 4.22. The third-order valence-electron chi connectivity index (χ3n) is 5.92. The van der Waals surface area contributed by atoms with Crippen molar-refractivity contribution in [2.45, 2.75) is 31.6 Å². The van der Waals surface area contributed by atoms with Crippen LogP contribution < -0.4 is 14.8 Å². The Kier molecular flexibility index (Phi) is 6.81. The van der Waals surface area contributed by atoms with E-state index in [0.717, 1.165) is 24.4 Å². The summed E-state index contributed by atoms with van der Waals surface area (Å²) in [5.41, 5.74) is 0.0757. The fraction of sp³-hybridized carbons (Fsp3) is 0.458. The number of aliphatic hydroxyl groups is 1. The van der Waals surface area contributed by atoms with Crippen molar-refractivity contribution < 1.29 is 23.8 Å². The van der Waals surface area contributed by atoms with Gasteiger partial charge in [0.25, 0.3) is 0 Å². The van der Waals surface area contributed by atoms with Crippen molar-refractivity contribution in [3.05, 3.63) is 59.9 Å². The Labute approximate surface area is 187 Å². The highest BCUT2D eigenvalue weighted by molar-refractivity contribution is 5.76. The Morgan fingerprint density at radius 2 is 2.00 bits per heavy atom. The quantitative estimate of drug-likeness (QED) is 0.656. The molecule has 2 aromatic rings. The van der Waals surface area contributed by atoms with Gasteiger partial charge in [0.15, 0.2) is 0 Å². The van der Waals surface area contributed by atoms with Crippen LogP contribution in [-0.4, -0.2) is 72.0 Å². The van der Waals surface area contributed by atoms with Gasteiger partial charge < -0.3 is 24.8 Å². The van der Waals surface area contributed by atoms with Crippen LogP contribution >= 0.6 is 0 Å². The van der Waals surface area contributed by atoms with Gasteiger partial charge in [-0.05, 0) is 43.2 Å². The molecule has 0 unspecified atom stereocenters. The van der Waals surface area contributed by atoms with E-state index in [2.05, 4.69) is 10.2 Å². The molecule has 0 radical (unpaired) electrons. The first-order valence-electron chi connectivity index (χ1n) is 11.0. The van der Waals surface area contributed by atoms with Crippen LogP contribution in [0, 0.1) is 5.82 Å². The number of benzene rings is 2. The maximum atomic E-state index is 13.4. The van der Waals surface area contributed by atoms with Gasteiger partial charge in [-0.15, -0.1) is 0 Å². The molecule has 2 atom stereocenters. The van der Waals surface area contributed by atoms with Crippen molar-refractivity contribution >= 4 is 6.03 Å². The first-order valence-corrected chi connectivity index (χ1v) is 11.0.